The van der Waals surface area contributed by atoms with Gasteiger partial charge >= 0.3 is 6.18 Å². The van der Waals surface area contributed by atoms with Crippen LogP contribution in [0.1, 0.15) is 18.4 Å². The van der Waals surface area contributed by atoms with Crippen molar-refractivity contribution in [2.24, 2.45) is 11.0 Å². The number of pyridine rings is 1. The van der Waals surface area contributed by atoms with Crippen LogP contribution in [0.15, 0.2) is 47.7 Å². The van der Waals surface area contributed by atoms with Crippen molar-refractivity contribution in [3.05, 3.63) is 58.7 Å². The predicted molar refractivity (Wildman–Crippen MR) is 135 cm³/mol. The van der Waals surface area contributed by atoms with E-state index < -0.39 is 11.7 Å². The van der Waals surface area contributed by atoms with Gasteiger partial charge in [0.25, 0.3) is 0 Å². The summed E-state index contributed by atoms with van der Waals surface area (Å²) in [5.74, 6) is 2.36. The van der Waals surface area contributed by atoms with Crippen molar-refractivity contribution in [1.29, 1.82) is 0 Å². The first-order chi connectivity index (χ1) is 16.8. The number of hydrogen-bond acceptors (Lipinski definition) is 7. The van der Waals surface area contributed by atoms with E-state index in [-0.39, 0.29) is 6.04 Å². The molecule has 2 fully saturated rings. The largest absolute Gasteiger partial charge is 0.416 e. The Kier molecular flexibility index (Phi) is 6.67. The zero-order chi connectivity index (χ0) is 24.6. The van der Waals surface area contributed by atoms with Crippen LogP contribution in [-0.2, 0) is 6.18 Å². The number of benzene rings is 1. The zero-order valence-corrected chi connectivity index (χ0v) is 20.4. The summed E-state index contributed by atoms with van der Waals surface area (Å²) in [6.07, 6.45) is -0.471. The van der Waals surface area contributed by atoms with E-state index in [0.717, 1.165) is 72.4 Å². The number of nitrogens with one attached hydrogen (secondary N) is 1. The van der Waals surface area contributed by atoms with Crippen molar-refractivity contribution in [2.45, 2.75) is 25.1 Å². The van der Waals surface area contributed by atoms with Gasteiger partial charge in [0.2, 0.25) is 0 Å². The van der Waals surface area contributed by atoms with Gasteiger partial charge in [0.15, 0.2) is 5.17 Å². The molecule has 6 nitrogen and oxygen atoms in total. The maximum atomic E-state index is 13.2. The van der Waals surface area contributed by atoms with Gasteiger partial charge in [0, 0.05) is 55.6 Å². The number of rotatable bonds is 5. The molecule has 10 heteroatoms. The standard InChI is InChI=1S/C25H29F3N6S/c1-17-7-8-18(14-29-17)23-30-31-24(32(23)2)35-12-4-10-33-15-19-9-11-34(22(19)16-33)21-6-3-5-20(13-21)25(26,27)28/h3,5-8,13-14,19,22,30H,1,4,9-12,15-16H2,2H3. The number of alkyl halides is 3. The predicted octanol–water partition coefficient (Wildman–Crippen LogP) is 2.72. The topological polar surface area (TPSA) is 47.0 Å². The lowest BCUT2D eigenvalue weighted by molar-refractivity contribution is -0.137. The van der Waals surface area contributed by atoms with Crippen molar-refractivity contribution < 1.29 is 13.2 Å². The van der Waals surface area contributed by atoms with Gasteiger partial charge < -0.3 is 14.7 Å². The highest BCUT2D eigenvalue weighted by atomic mass is 32.2. The van der Waals surface area contributed by atoms with Gasteiger partial charge in [-0.2, -0.15) is 13.2 Å². The number of nitrogens with zero attached hydrogens (tertiary/aromatic N) is 5. The summed E-state index contributed by atoms with van der Waals surface area (Å²) < 4.78 is 39.5. The molecule has 1 aromatic heterocycles. The van der Waals surface area contributed by atoms with E-state index in [9.17, 15) is 13.2 Å². The number of hydrogen-bond donors (Lipinski definition) is 1. The van der Waals surface area contributed by atoms with Crippen LogP contribution in [0.2, 0.25) is 0 Å². The Labute approximate surface area is 207 Å². The molecule has 5 rings (SSSR count). The summed E-state index contributed by atoms with van der Waals surface area (Å²) in [5, 5.41) is 7.08. The molecule has 186 valence electrons. The molecule has 2 aromatic rings. The lowest BCUT2D eigenvalue weighted by atomic mass is 10.0. The molecule has 2 atom stereocenters. The van der Waals surface area contributed by atoms with Crippen LogP contribution in [0.25, 0.3) is 12.4 Å². The molecule has 1 aromatic carbocycles. The lowest BCUT2D eigenvalue weighted by Crippen LogP contribution is -2.35. The summed E-state index contributed by atoms with van der Waals surface area (Å²) >= 11 is 1.72. The summed E-state index contributed by atoms with van der Waals surface area (Å²) in [7, 11) is 1.99. The van der Waals surface area contributed by atoms with Crippen LogP contribution in [-0.4, -0.2) is 65.0 Å². The van der Waals surface area contributed by atoms with Gasteiger partial charge in [0.1, 0.15) is 5.82 Å². The fraction of sp³-hybridized carbons (Fsp3) is 0.440. The van der Waals surface area contributed by atoms with Crippen molar-refractivity contribution in [3.63, 3.8) is 0 Å². The van der Waals surface area contributed by atoms with Crippen LogP contribution < -0.4 is 20.9 Å². The molecule has 35 heavy (non-hydrogen) atoms. The number of aromatic nitrogens is 1. The monoisotopic (exact) mass is 502 g/mol. The molecular formula is C25H29F3N6S. The van der Waals surface area contributed by atoms with E-state index in [1.807, 2.05) is 24.1 Å². The first-order valence-corrected chi connectivity index (χ1v) is 12.8. The van der Waals surface area contributed by atoms with Gasteiger partial charge in [-0.3, -0.25) is 10.4 Å². The Balaban J connectivity index is 1.11. The molecule has 1 N–H and O–H groups in total. The second-order valence-electron chi connectivity index (χ2n) is 9.27. The normalized spacial score (nSPS) is 24.1. The quantitative estimate of drug-likeness (QED) is 0.635. The van der Waals surface area contributed by atoms with E-state index in [2.05, 4.69) is 31.9 Å². The van der Waals surface area contributed by atoms with E-state index >= 15 is 0 Å². The van der Waals surface area contributed by atoms with Crippen molar-refractivity contribution in [2.75, 3.05) is 43.9 Å². The van der Waals surface area contributed by atoms with Gasteiger partial charge in [-0.1, -0.05) is 24.4 Å². The number of halogens is 3. The third-order valence-corrected chi connectivity index (χ3v) is 8.07. The summed E-state index contributed by atoms with van der Waals surface area (Å²) in [5.41, 5.74) is 3.21. The lowest BCUT2D eigenvalue weighted by Gasteiger charge is -2.27. The highest BCUT2D eigenvalue weighted by molar-refractivity contribution is 8.13. The average Bonchev–Trinajstić information content (AvgIpc) is 3.51. The second-order valence-corrected chi connectivity index (χ2v) is 10.3. The fourth-order valence-electron chi connectivity index (χ4n) is 5.16. The smallest absolute Gasteiger partial charge is 0.367 e. The van der Waals surface area contributed by atoms with Crippen LogP contribution in [0.3, 0.4) is 0 Å². The molecule has 0 amide bonds. The van der Waals surface area contributed by atoms with E-state index in [0.29, 0.717) is 11.6 Å². The maximum Gasteiger partial charge on any atom is 0.416 e. The van der Waals surface area contributed by atoms with Crippen LogP contribution in [0.5, 0.6) is 0 Å². The van der Waals surface area contributed by atoms with Crippen molar-refractivity contribution >= 4 is 35.0 Å². The summed E-state index contributed by atoms with van der Waals surface area (Å²) in [4.78, 5) is 10.9. The minimum absolute atomic E-state index is 0.288. The number of hydrazone groups is 1. The second kappa shape index (κ2) is 9.73. The molecule has 0 saturated carbocycles. The SMILES string of the molecule is C=c1ccc(=C2NN=C(SCCCN3CC4CCN(c5cccc(C(F)(F)F)c5)C4C3)N2C)cn1. The van der Waals surface area contributed by atoms with Gasteiger partial charge in [0.05, 0.1) is 10.9 Å². The molecule has 4 heterocycles. The molecular weight excluding hydrogens is 473 g/mol. The minimum Gasteiger partial charge on any atom is -0.367 e. The molecule has 2 saturated heterocycles. The molecule has 0 aliphatic carbocycles. The van der Waals surface area contributed by atoms with Gasteiger partial charge in [-0.25, -0.2) is 0 Å². The average molecular weight is 503 g/mol. The third-order valence-electron chi connectivity index (χ3n) is 6.96. The van der Waals surface area contributed by atoms with Gasteiger partial charge in [-0.05, 0) is 55.6 Å². The number of fused-ring (bicyclic) bond motifs is 1. The number of likely N-dealkylation sites (tertiary alicyclic amines) is 1. The Hall–Kier alpha value is -2.72. The highest BCUT2D eigenvalue weighted by Gasteiger charge is 2.41. The zero-order valence-electron chi connectivity index (χ0n) is 19.6. The van der Waals surface area contributed by atoms with Crippen molar-refractivity contribution in [1.82, 2.24) is 20.2 Å². The first kappa shape index (κ1) is 24.0. The molecule has 0 bridgehead atoms. The molecule has 0 radical (unpaired) electrons. The van der Waals surface area contributed by atoms with E-state index in [1.54, 1.807) is 24.0 Å². The third kappa shape index (κ3) is 5.13. The highest BCUT2D eigenvalue weighted by Crippen LogP contribution is 2.37. The van der Waals surface area contributed by atoms with Crippen LogP contribution >= 0.6 is 11.8 Å². The first-order valence-electron chi connectivity index (χ1n) is 11.8. The number of anilines is 1. The number of amidine groups is 1. The van der Waals surface area contributed by atoms with Crippen molar-refractivity contribution in [3.8, 4) is 0 Å². The Morgan fingerprint density at radius 1 is 1.20 bits per heavy atom. The molecule has 3 aliphatic heterocycles. The van der Waals surface area contributed by atoms with Crippen LogP contribution in [0, 0.1) is 5.92 Å². The van der Waals surface area contributed by atoms with Gasteiger partial charge in [-0.15, -0.1) is 5.10 Å². The van der Waals surface area contributed by atoms with Crippen LogP contribution in [0.4, 0.5) is 18.9 Å². The number of thioether (sulfide) groups is 1. The molecule has 3 aliphatic rings. The minimum atomic E-state index is -4.31. The summed E-state index contributed by atoms with van der Waals surface area (Å²) in [6.45, 7) is 7.54. The van der Waals surface area contributed by atoms with E-state index in [4.69, 9.17) is 0 Å². The Morgan fingerprint density at radius 2 is 2.06 bits per heavy atom. The Morgan fingerprint density at radius 3 is 2.83 bits per heavy atom. The Bertz CT molecular complexity index is 1190. The maximum absolute atomic E-state index is 13.2. The molecule has 2 unspecified atom stereocenters. The van der Waals surface area contributed by atoms with E-state index in [1.165, 1.54) is 12.1 Å². The summed E-state index contributed by atoms with van der Waals surface area (Å²) in [6, 6.07) is 9.90. The molecule has 0 spiro atoms. The fourth-order valence-corrected chi connectivity index (χ4v) is 6.01.